The molecule has 0 saturated carbocycles. The average molecular weight is 669 g/mol. The molecule has 4 aromatic heterocycles. The van der Waals surface area contributed by atoms with E-state index in [4.69, 9.17) is 10.0 Å². The first-order valence-electron chi connectivity index (χ1n) is 12.3. The monoisotopic (exact) mass is 668 g/mol. The first-order chi connectivity index (χ1) is 20.8. The highest BCUT2D eigenvalue weighted by Gasteiger charge is 2.16. The van der Waals surface area contributed by atoms with E-state index in [9.17, 15) is 29.0 Å². The van der Waals surface area contributed by atoms with Crippen LogP contribution in [0.25, 0.3) is 33.1 Å². The maximum absolute atomic E-state index is 12.9. The number of pyridine rings is 2. The summed E-state index contributed by atoms with van der Waals surface area (Å²) in [5.41, 5.74) is 3.02. The Hall–Kier alpha value is -5.20. The quantitative estimate of drug-likeness (QED) is 0.121. The Labute approximate surface area is 254 Å². The number of nitro groups is 2. The lowest BCUT2D eigenvalue weighted by molar-refractivity contribution is -0.384. The van der Waals surface area contributed by atoms with Crippen LogP contribution < -0.4 is 5.46 Å². The standard InChI is InChI=1S/C13H9FN4O2.C8H6BrN3O2.C5H5BFNO2/c1-17-11-4-3-9(18(19)20)6-10(11)13(16-17)8-2-5-12(14)15-7-8;1-11-7-3-2-5(12(13)14)4-6(7)8(9)10-11;7-5-2-1-4(3-8-5)6(9)10/h2-7H,1H3;2-4H,1H3;1-3,9-10H. The molecule has 18 heteroatoms. The van der Waals surface area contributed by atoms with E-state index in [-0.39, 0.29) is 16.8 Å². The van der Waals surface area contributed by atoms with E-state index < -0.39 is 28.9 Å². The summed E-state index contributed by atoms with van der Waals surface area (Å²) in [7, 11) is 1.96. The van der Waals surface area contributed by atoms with Gasteiger partial charge in [-0.05, 0) is 46.3 Å². The highest BCUT2D eigenvalue weighted by molar-refractivity contribution is 9.10. The van der Waals surface area contributed by atoms with Crippen LogP contribution in [0.3, 0.4) is 0 Å². The molecule has 0 unspecified atom stereocenters. The van der Waals surface area contributed by atoms with Crippen LogP contribution in [-0.4, -0.2) is 56.5 Å². The summed E-state index contributed by atoms with van der Waals surface area (Å²) < 4.78 is 28.9. The molecule has 0 amide bonds. The van der Waals surface area contributed by atoms with E-state index in [0.29, 0.717) is 21.2 Å². The van der Waals surface area contributed by atoms with Crippen LogP contribution in [0.15, 0.2) is 77.7 Å². The first-order valence-corrected chi connectivity index (χ1v) is 13.1. The molecule has 4 heterocycles. The summed E-state index contributed by atoms with van der Waals surface area (Å²) >= 11 is 3.25. The maximum Gasteiger partial charge on any atom is 0.490 e. The van der Waals surface area contributed by atoms with E-state index in [1.807, 2.05) is 0 Å². The molecule has 0 saturated heterocycles. The van der Waals surface area contributed by atoms with Gasteiger partial charge in [0.1, 0.15) is 10.3 Å². The molecule has 0 aliphatic heterocycles. The van der Waals surface area contributed by atoms with Crippen molar-refractivity contribution in [1.29, 1.82) is 0 Å². The topological polar surface area (TPSA) is 188 Å². The third-order valence-electron chi connectivity index (χ3n) is 6.09. The molecular weight excluding hydrogens is 649 g/mol. The summed E-state index contributed by atoms with van der Waals surface area (Å²) in [5.74, 6) is -1.22. The lowest BCUT2D eigenvalue weighted by atomic mass is 9.82. The number of nitrogens with zero attached hydrogens (tertiary/aromatic N) is 8. The highest BCUT2D eigenvalue weighted by atomic mass is 79.9. The van der Waals surface area contributed by atoms with Gasteiger partial charge in [-0.15, -0.1) is 0 Å². The minimum absolute atomic E-state index is 0.0122. The molecule has 2 N–H and O–H groups in total. The maximum atomic E-state index is 12.9. The van der Waals surface area contributed by atoms with E-state index in [2.05, 4.69) is 36.1 Å². The number of benzene rings is 2. The molecule has 44 heavy (non-hydrogen) atoms. The van der Waals surface area contributed by atoms with E-state index in [1.165, 1.54) is 42.6 Å². The number of fused-ring (bicyclic) bond motifs is 2. The van der Waals surface area contributed by atoms with Gasteiger partial charge in [0.15, 0.2) is 0 Å². The van der Waals surface area contributed by atoms with E-state index in [0.717, 1.165) is 28.7 Å². The van der Waals surface area contributed by atoms with Crippen molar-refractivity contribution in [1.82, 2.24) is 29.5 Å². The summed E-state index contributed by atoms with van der Waals surface area (Å²) in [5, 5.41) is 48.2. The van der Waals surface area contributed by atoms with Crippen LogP contribution in [0.5, 0.6) is 0 Å². The average Bonchev–Trinajstić information content (AvgIpc) is 3.48. The van der Waals surface area contributed by atoms with E-state index >= 15 is 0 Å². The van der Waals surface area contributed by atoms with Crippen molar-refractivity contribution in [3.63, 3.8) is 0 Å². The molecule has 0 atom stereocenters. The normalized spacial score (nSPS) is 10.5. The Balaban J connectivity index is 0.000000161. The Kier molecular flexibility index (Phi) is 9.67. The molecular formula is C26H20BBrF2N8O6. The molecule has 224 valence electrons. The number of nitro benzene ring substituents is 2. The Bertz CT molecular complexity index is 1970. The fourth-order valence-corrected chi connectivity index (χ4v) is 4.52. The molecule has 0 aliphatic rings. The second kappa shape index (κ2) is 13.4. The first kappa shape index (κ1) is 31.7. The Morgan fingerprint density at radius 1 is 0.773 bits per heavy atom. The SMILES string of the molecule is Cn1nc(-c2ccc(F)nc2)c2cc([N+](=O)[O-])ccc21.Cn1nc(Br)c2cc([N+](=O)[O-])ccc21.OB(O)c1ccc(F)nc1. The number of aromatic nitrogens is 6. The Morgan fingerprint density at radius 3 is 1.80 bits per heavy atom. The Morgan fingerprint density at radius 2 is 1.30 bits per heavy atom. The van der Waals surface area contributed by atoms with Crippen molar-refractivity contribution in [2.75, 3.05) is 0 Å². The highest BCUT2D eigenvalue weighted by Crippen LogP contribution is 2.30. The van der Waals surface area contributed by atoms with Crippen LogP contribution in [0.1, 0.15) is 0 Å². The molecule has 2 aromatic carbocycles. The van der Waals surface area contributed by atoms with Crippen molar-refractivity contribution >= 4 is 61.7 Å². The molecule has 14 nitrogen and oxygen atoms in total. The van der Waals surface area contributed by atoms with Crippen LogP contribution in [0.2, 0.25) is 0 Å². The number of non-ortho nitro benzene ring substituents is 2. The molecule has 0 aliphatic carbocycles. The third-order valence-corrected chi connectivity index (χ3v) is 6.68. The van der Waals surface area contributed by atoms with Crippen LogP contribution in [-0.2, 0) is 14.1 Å². The van der Waals surface area contributed by atoms with Gasteiger partial charge in [0.2, 0.25) is 11.9 Å². The minimum Gasteiger partial charge on any atom is -0.423 e. The van der Waals surface area contributed by atoms with Crippen molar-refractivity contribution in [2.45, 2.75) is 0 Å². The van der Waals surface area contributed by atoms with Crippen molar-refractivity contribution in [3.05, 3.63) is 110 Å². The number of halogens is 3. The zero-order valence-electron chi connectivity index (χ0n) is 22.7. The summed E-state index contributed by atoms with van der Waals surface area (Å²) in [4.78, 5) is 27.3. The van der Waals surface area contributed by atoms with Crippen LogP contribution in [0, 0.1) is 32.1 Å². The minimum atomic E-state index is -1.58. The van der Waals surface area contributed by atoms with Crippen molar-refractivity contribution in [2.24, 2.45) is 14.1 Å². The second-order valence-electron chi connectivity index (χ2n) is 8.96. The van der Waals surface area contributed by atoms with Gasteiger partial charge in [-0.2, -0.15) is 19.0 Å². The van der Waals surface area contributed by atoms with Crippen LogP contribution >= 0.6 is 15.9 Å². The third kappa shape index (κ3) is 7.23. The van der Waals surface area contributed by atoms with Crippen molar-refractivity contribution in [3.8, 4) is 11.3 Å². The van der Waals surface area contributed by atoms with Gasteiger partial charge in [0.25, 0.3) is 11.4 Å². The lowest BCUT2D eigenvalue weighted by Gasteiger charge is -1.97. The number of hydrogen-bond donors (Lipinski definition) is 2. The molecule has 0 radical (unpaired) electrons. The summed E-state index contributed by atoms with van der Waals surface area (Å²) in [6.07, 6.45) is 2.43. The van der Waals surface area contributed by atoms with Gasteiger partial charge in [-0.25, -0.2) is 9.97 Å². The van der Waals surface area contributed by atoms with Gasteiger partial charge in [0, 0.05) is 72.6 Å². The van der Waals surface area contributed by atoms with Gasteiger partial charge in [-0.1, -0.05) is 6.07 Å². The fourth-order valence-electron chi connectivity index (χ4n) is 3.96. The van der Waals surface area contributed by atoms with Gasteiger partial charge in [-0.3, -0.25) is 29.6 Å². The zero-order valence-corrected chi connectivity index (χ0v) is 24.3. The van der Waals surface area contributed by atoms with Crippen molar-refractivity contribution < 1.29 is 28.7 Å². The van der Waals surface area contributed by atoms with E-state index in [1.54, 1.807) is 41.7 Å². The second-order valence-corrected chi connectivity index (χ2v) is 9.71. The molecule has 6 aromatic rings. The van der Waals surface area contributed by atoms with Gasteiger partial charge < -0.3 is 10.0 Å². The number of aryl methyl sites for hydroxylation is 2. The lowest BCUT2D eigenvalue weighted by Crippen LogP contribution is -2.30. The summed E-state index contributed by atoms with van der Waals surface area (Å²) in [6, 6.07) is 14.3. The smallest absolute Gasteiger partial charge is 0.423 e. The molecule has 6 rings (SSSR count). The predicted molar refractivity (Wildman–Crippen MR) is 160 cm³/mol. The summed E-state index contributed by atoms with van der Waals surface area (Å²) in [6.45, 7) is 0. The van der Waals surface area contributed by atoms with Crippen LogP contribution in [0.4, 0.5) is 20.2 Å². The fraction of sp³-hybridized carbons (Fsp3) is 0.0769. The molecule has 0 spiro atoms. The largest absolute Gasteiger partial charge is 0.490 e. The number of rotatable bonds is 4. The molecule has 0 bridgehead atoms. The molecule has 0 fully saturated rings. The van der Waals surface area contributed by atoms with Gasteiger partial charge >= 0.3 is 7.12 Å². The zero-order chi connectivity index (χ0) is 32.1. The predicted octanol–water partition coefficient (Wildman–Crippen LogP) is 3.83. The van der Waals surface area contributed by atoms with Gasteiger partial charge in [0.05, 0.1) is 20.9 Å². The number of hydrogen-bond acceptors (Lipinski definition) is 10.